The van der Waals surface area contributed by atoms with Gasteiger partial charge in [0.25, 0.3) is 0 Å². The van der Waals surface area contributed by atoms with Crippen LogP contribution < -0.4 is 0 Å². The molecule has 3 nitrogen and oxygen atoms in total. The molecule has 0 aliphatic heterocycles. The monoisotopic (exact) mass is 525 g/mol. The summed E-state index contributed by atoms with van der Waals surface area (Å²) < 4.78 is 0. The Balaban J connectivity index is 1.38. The molecule has 7 rings (SSSR count). The molecule has 0 fully saturated rings. The normalized spacial score (nSPS) is 10.9. The number of H-pyrrole nitrogens is 1. The van der Waals surface area contributed by atoms with Gasteiger partial charge in [-0.1, -0.05) is 66.7 Å². The minimum atomic E-state index is 1.11. The Hall–Kier alpha value is -5.54. The molecule has 0 aliphatic rings. The van der Waals surface area contributed by atoms with Crippen molar-refractivity contribution in [1.29, 1.82) is 0 Å². The summed E-state index contributed by atoms with van der Waals surface area (Å²) >= 11 is 0. The second kappa shape index (κ2) is 10.9. The van der Waals surface area contributed by atoms with E-state index in [0.29, 0.717) is 0 Å². The molecule has 4 aromatic carbocycles. The van der Waals surface area contributed by atoms with Crippen LogP contribution in [0.25, 0.3) is 66.8 Å². The summed E-state index contributed by atoms with van der Waals surface area (Å²) in [5.74, 6) is 0. The number of nitrogens with zero attached hydrogens (tertiary/aromatic N) is 2. The molecule has 3 heterocycles. The van der Waals surface area contributed by atoms with E-state index in [1.807, 2.05) is 49.3 Å². The molecule has 0 spiro atoms. The van der Waals surface area contributed by atoms with Crippen LogP contribution in [-0.4, -0.2) is 15.0 Å². The molecule has 194 valence electrons. The van der Waals surface area contributed by atoms with Crippen molar-refractivity contribution in [1.82, 2.24) is 15.0 Å². The van der Waals surface area contributed by atoms with E-state index in [9.17, 15) is 0 Å². The van der Waals surface area contributed by atoms with E-state index in [0.717, 1.165) is 22.3 Å². The highest BCUT2D eigenvalue weighted by molar-refractivity contribution is 5.85. The molecule has 7 aromatic rings. The van der Waals surface area contributed by atoms with Crippen LogP contribution in [0.5, 0.6) is 0 Å². The van der Waals surface area contributed by atoms with Gasteiger partial charge in [-0.2, -0.15) is 0 Å². The summed E-state index contributed by atoms with van der Waals surface area (Å²) in [7, 11) is 0. The lowest BCUT2D eigenvalue weighted by Gasteiger charge is -2.14. The topological polar surface area (TPSA) is 41.6 Å². The third-order valence-electron chi connectivity index (χ3n) is 7.44. The lowest BCUT2D eigenvalue weighted by atomic mass is 9.91. The number of hydrogen-bond donors (Lipinski definition) is 1. The van der Waals surface area contributed by atoms with E-state index in [4.69, 9.17) is 0 Å². The molecular weight excluding hydrogens is 498 g/mol. The summed E-state index contributed by atoms with van der Waals surface area (Å²) in [5, 5.41) is 0. The van der Waals surface area contributed by atoms with Crippen LogP contribution in [0, 0.1) is 0 Å². The minimum absolute atomic E-state index is 1.11. The van der Waals surface area contributed by atoms with E-state index >= 15 is 0 Å². The van der Waals surface area contributed by atoms with Gasteiger partial charge < -0.3 is 4.98 Å². The van der Waals surface area contributed by atoms with Crippen LogP contribution in [0.1, 0.15) is 0 Å². The molecule has 41 heavy (non-hydrogen) atoms. The van der Waals surface area contributed by atoms with Crippen LogP contribution in [0.3, 0.4) is 0 Å². The molecule has 3 heteroatoms. The Kier molecular flexibility index (Phi) is 6.52. The fourth-order valence-corrected chi connectivity index (χ4v) is 5.33. The van der Waals surface area contributed by atoms with Gasteiger partial charge in [0, 0.05) is 48.3 Å². The second-order valence-corrected chi connectivity index (χ2v) is 10.1. The molecule has 3 aromatic heterocycles. The van der Waals surface area contributed by atoms with Gasteiger partial charge in [0.1, 0.15) is 0 Å². The fourth-order valence-electron chi connectivity index (χ4n) is 5.33. The minimum Gasteiger partial charge on any atom is -0.367 e. The number of hydrogen-bond acceptors (Lipinski definition) is 2. The molecule has 0 saturated carbocycles. The smallest absolute Gasteiger partial charge is 0.0346 e. The number of rotatable bonds is 6. The molecule has 0 aliphatic carbocycles. The molecule has 0 radical (unpaired) electrons. The zero-order valence-corrected chi connectivity index (χ0v) is 22.4. The molecule has 0 saturated heterocycles. The quantitative estimate of drug-likeness (QED) is 0.235. The second-order valence-electron chi connectivity index (χ2n) is 10.1. The molecule has 0 unspecified atom stereocenters. The first-order chi connectivity index (χ1) is 20.3. The highest BCUT2D eigenvalue weighted by atomic mass is 14.6. The van der Waals surface area contributed by atoms with Crippen molar-refractivity contribution in [2.75, 3.05) is 0 Å². The van der Waals surface area contributed by atoms with E-state index in [2.05, 4.69) is 124 Å². The summed E-state index contributed by atoms with van der Waals surface area (Å²) in [4.78, 5) is 11.8. The highest BCUT2D eigenvalue weighted by Crippen LogP contribution is 2.36. The van der Waals surface area contributed by atoms with Crippen molar-refractivity contribution in [2.24, 2.45) is 0 Å². The maximum atomic E-state index is 4.33. The first kappa shape index (κ1) is 24.5. The summed E-state index contributed by atoms with van der Waals surface area (Å²) in [6.45, 7) is 0. The Labute approximate surface area is 239 Å². The number of nitrogens with one attached hydrogen (secondary N) is 1. The van der Waals surface area contributed by atoms with Gasteiger partial charge in [0.15, 0.2) is 0 Å². The van der Waals surface area contributed by atoms with E-state index < -0.39 is 0 Å². The number of aromatic nitrogens is 3. The average molecular weight is 526 g/mol. The van der Waals surface area contributed by atoms with Gasteiger partial charge in [0.2, 0.25) is 0 Å². The van der Waals surface area contributed by atoms with Gasteiger partial charge >= 0.3 is 0 Å². The summed E-state index contributed by atoms with van der Waals surface area (Å²) in [5.41, 5.74) is 13.9. The van der Waals surface area contributed by atoms with E-state index in [1.54, 1.807) is 0 Å². The van der Waals surface area contributed by atoms with Gasteiger partial charge in [-0.25, -0.2) is 0 Å². The van der Waals surface area contributed by atoms with Gasteiger partial charge in [0.05, 0.1) is 0 Å². The van der Waals surface area contributed by atoms with Crippen LogP contribution in [0.15, 0.2) is 159 Å². The van der Waals surface area contributed by atoms with Crippen molar-refractivity contribution in [3.63, 3.8) is 0 Å². The SMILES string of the molecule is c1cncc(-c2cccc(-c3cc(-c4cccc(-c5cccnc5)c4)cc(-c4cccc(-c5cc[nH]c5)c4)c3)c2)c1. The highest BCUT2D eigenvalue weighted by Gasteiger charge is 2.11. The third-order valence-corrected chi connectivity index (χ3v) is 7.44. The predicted molar refractivity (Wildman–Crippen MR) is 169 cm³/mol. The van der Waals surface area contributed by atoms with E-state index in [1.165, 1.54) is 44.5 Å². The van der Waals surface area contributed by atoms with Gasteiger partial charge in [-0.05, 0) is 110 Å². The van der Waals surface area contributed by atoms with Crippen LogP contribution in [-0.2, 0) is 0 Å². The third kappa shape index (κ3) is 5.21. The van der Waals surface area contributed by atoms with E-state index in [-0.39, 0.29) is 0 Å². The standard InChI is InChI=1S/C38H27N3/c1-6-27(33-12-4-15-39-24-33)18-30(9-1)36-21-37(31-10-2-7-28(19-31)34-13-5-16-40-25-34)23-38(22-36)32-11-3-8-29(20-32)35-14-17-41-26-35/h1-26,41H. The van der Waals surface area contributed by atoms with Crippen LogP contribution in [0.2, 0.25) is 0 Å². The maximum absolute atomic E-state index is 4.33. The van der Waals surface area contributed by atoms with Crippen molar-refractivity contribution >= 4 is 0 Å². The lowest BCUT2D eigenvalue weighted by molar-refractivity contribution is 1.33. The summed E-state index contributed by atoms with van der Waals surface area (Å²) in [6.07, 6.45) is 11.4. The van der Waals surface area contributed by atoms with Crippen molar-refractivity contribution in [3.05, 3.63) is 159 Å². The lowest BCUT2D eigenvalue weighted by Crippen LogP contribution is -1.88. The predicted octanol–water partition coefficient (Wildman–Crippen LogP) is 9.81. The molecule has 0 bridgehead atoms. The average Bonchev–Trinajstić information content (AvgIpc) is 3.61. The van der Waals surface area contributed by atoms with Crippen molar-refractivity contribution in [3.8, 4) is 66.8 Å². The van der Waals surface area contributed by atoms with Crippen LogP contribution in [0.4, 0.5) is 0 Å². The van der Waals surface area contributed by atoms with Gasteiger partial charge in [-0.15, -0.1) is 0 Å². The van der Waals surface area contributed by atoms with Crippen LogP contribution >= 0.6 is 0 Å². The Morgan fingerprint density at radius 1 is 0.341 bits per heavy atom. The molecule has 1 N–H and O–H groups in total. The first-order valence-electron chi connectivity index (χ1n) is 13.7. The van der Waals surface area contributed by atoms with Gasteiger partial charge in [-0.3, -0.25) is 9.97 Å². The molecular formula is C38H27N3. The Bertz CT molecular complexity index is 1820. The Morgan fingerprint density at radius 3 is 1.07 bits per heavy atom. The van der Waals surface area contributed by atoms with Crippen molar-refractivity contribution < 1.29 is 0 Å². The summed E-state index contributed by atoms with van der Waals surface area (Å²) in [6, 6.07) is 43.3. The Morgan fingerprint density at radius 2 is 0.707 bits per heavy atom. The molecule has 0 atom stereocenters. The number of aromatic amines is 1. The fraction of sp³-hybridized carbons (Fsp3) is 0. The zero-order valence-electron chi connectivity index (χ0n) is 22.4. The number of benzene rings is 4. The number of pyridine rings is 2. The molecule has 0 amide bonds. The largest absolute Gasteiger partial charge is 0.367 e. The first-order valence-corrected chi connectivity index (χ1v) is 13.7. The maximum Gasteiger partial charge on any atom is 0.0346 e. The zero-order chi connectivity index (χ0) is 27.4. The van der Waals surface area contributed by atoms with Crippen molar-refractivity contribution in [2.45, 2.75) is 0 Å².